The lowest BCUT2D eigenvalue weighted by Gasteiger charge is -2.40. The molecule has 0 spiro atoms. The fraction of sp³-hybridized carbons (Fsp3) is 1.00. The van der Waals surface area contributed by atoms with Crippen molar-refractivity contribution in [1.82, 2.24) is 0 Å². The molecule has 2 atom stereocenters. The zero-order valence-electron chi connectivity index (χ0n) is 11.3. The molecule has 0 aromatic heterocycles. The van der Waals surface area contributed by atoms with Crippen LogP contribution in [-0.2, 0) is 14.5 Å². The Hall–Kier alpha value is -1.03. The molecule has 2 unspecified atom stereocenters. The highest BCUT2D eigenvalue weighted by Crippen LogP contribution is 2.61. The third-order valence-electron chi connectivity index (χ3n) is 2.85. The standard InChI is InChI=1S/C9H5F13O3/c1-2-23-3(25-24-2)4(10,11)5(12,13)6(14,15)7(16,17)8(18,19)9(20,21)22/h2-3H,1H3. The third-order valence-corrected chi connectivity index (χ3v) is 2.85. The molecule has 0 aliphatic carbocycles. The minimum atomic E-state index is -7.96. The lowest BCUT2D eigenvalue weighted by molar-refractivity contribution is -0.455. The summed E-state index contributed by atoms with van der Waals surface area (Å²) in [5.41, 5.74) is 0. The van der Waals surface area contributed by atoms with E-state index in [2.05, 4.69) is 14.5 Å². The van der Waals surface area contributed by atoms with Gasteiger partial charge in [0.05, 0.1) is 0 Å². The molecule has 0 N–H and O–H groups in total. The van der Waals surface area contributed by atoms with Gasteiger partial charge >= 0.3 is 35.8 Å². The van der Waals surface area contributed by atoms with Crippen LogP contribution in [0.5, 0.6) is 0 Å². The van der Waals surface area contributed by atoms with Crippen LogP contribution in [0.2, 0.25) is 0 Å². The van der Waals surface area contributed by atoms with Crippen LogP contribution in [-0.4, -0.2) is 48.4 Å². The molecule has 0 aromatic rings. The normalized spacial score (nSPS) is 24.7. The number of rotatable bonds is 5. The second-order valence-electron chi connectivity index (χ2n) is 4.65. The zero-order chi connectivity index (χ0) is 20.3. The number of hydrogen-bond acceptors (Lipinski definition) is 3. The first-order chi connectivity index (χ1) is 10.7. The van der Waals surface area contributed by atoms with Crippen molar-refractivity contribution in [1.29, 1.82) is 0 Å². The van der Waals surface area contributed by atoms with Gasteiger partial charge in [-0.3, -0.25) is 0 Å². The van der Waals surface area contributed by atoms with Crippen LogP contribution in [0, 0.1) is 0 Å². The molecule has 1 saturated heterocycles. The van der Waals surface area contributed by atoms with Gasteiger partial charge in [-0.15, -0.1) is 0 Å². The summed E-state index contributed by atoms with van der Waals surface area (Å²) in [4.78, 5) is 7.01. The Balaban J connectivity index is 3.38. The quantitative estimate of drug-likeness (QED) is 0.500. The van der Waals surface area contributed by atoms with Gasteiger partial charge in [-0.25, -0.2) is 4.89 Å². The largest absolute Gasteiger partial charge is 0.460 e. The molecule has 1 fully saturated rings. The van der Waals surface area contributed by atoms with Crippen LogP contribution < -0.4 is 0 Å². The number of ether oxygens (including phenoxy) is 1. The molecule has 1 heterocycles. The van der Waals surface area contributed by atoms with Crippen molar-refractivity contribution in [2.45, 2.75) is 55.3 Å². The van der Waals surface area contributed by atoms with E-state index in [0.717, 1.165) is 0 Å². The maximum Gasteiger partial charge on any atom is 0.460 e. The lowest BCUT2D eigenvalue weighted by Crippen LogP contribution is -2.71. The van der Waals surface area contributed by atoms with Gasteiger partial charge < -0.3 is 4.74 Å². The van der Waals surface area contributed by atoms with E-state index in [1.807, 2.05) is 0 Å². The van der Waals surface area contributed by atoms with Crippen molar-refractivity contribution in [2.24, 2.45) is 0 Å². The summed E-state index contributed by atoms with van der Waals surface area (Å²) in [5, 5.41) is 0. The topological polar surface area (TPSA) is 27.7 Å². The summed E-state index contributed by atoms with van der Waals surface area (Å²) in [6.45, 7) is 0.693. The average molecular weight is 408 g/mol. The second kappa shape index (κ2) is 5.73. The van der Waals surface area contributed by atoms with E-state index in [-0.39, 0.29) is 0 Å². The molecule has 3 nitrogen and oxygen atoms in total. The molecule has 1 rings (SSSR count). The Bertz CT molecular complexity index is 499. The first-order valence-corrected chi connectivity index (χ1v) is 5.68. The van der Waals surface area contributed by atoms with Crippen molar-refractivity contribution in [3.63, 3.8) is 0 Å². The van der Waals surface area contributed by atoms with Crippen LogP contribution in [0.1, 0.15) is 6.92 Å². The van der Waals surface area contributed by atoms with Crippen molar-refractivity contribution in [3.05, 3.63) is 0 Å². The maximum absolute atomic E-state index is 13.4. The van der Waals surface area contributed by atoms with Crippen LogP contribution in [0.25, 0.3) is 0 Å². The molecule has 0 aromatic carbocycles. The summed E-state index contributed by atoms with van der Waals surface area (Å²) >= 11 is 0. The Morgan fingerprint density at radius 3 is 1.28 bits per heavy atom. The summed E-state index contributed by atoms with van der Waals surface area (Å²) < 4.78 is 170. The average Bonchev–Trinajstić information content (AvgIpc) is 2.83. The highest BCUT2D eigenvalue weighted by atomic mass is 19.4. The molecule has 16 heteroatoms. The van der Waals surface area contributed by atoms with Gasteiger partial charge in [-0.1, -0.05) is 0 Å². The molecule has 0 radical (unpaired) electrons. The molecule has 1 aliphatic rings. The molecule has 0 bridgehead atoms. The first kappa shape index (κ1) is 22.0. The van der Waals surface area contributed by atoms with E-state index in [0.29, 0.717) is 6.92 Å². The Morgan fingerprint density at radius 2 is 0.960 bits per heavy atom. The van der Waals surface area contributed by atoms with Crippen LogP contribution in [0.15, 0.2) is 0 Å². The Kier molecular flexibility index (Phi) is 5.05. The highest BCUT2D eigenvalue weighted by molar-refractivity contribution is 5.11. The molecular weight excluding hydrogens is 403 g/mol. The minimum Gasteiger partial charge on any atom is -0.312 e. The molecule has 1 aliphatic heterocycles. The predicted molar refractivity (Wildman–Crippen MR) is 47.3 cm³/mol. The van der Waals surface area contributed by atoms with Gasteiger partial charge in [-0.2, -0.15) is 62.0 Å². The van der Waals surface area contributed by atoms with E-state index in [1.54, 1.807) is 0 Å². The van der Waals surface area contributed by atoms with Crippen molar-refractivity contribution >= 4 is 0 Å². The second-order valence-corrected chi connectivity index (χ2v) is 4.65. The Morgan fingerprint density at radius 1 is 0.560 bits per heavy atom. The highest BCUT2D eigenvalue weighted by Gasteiger charge is 2.92. The van der Waals surface area contributed by atoms with Gasteiger partial charge in [0.15, 0.2) is 6.29 Å². The van der Waals surface area contributed by atoms with E-state index < -0.39 is 48.4 Å². The van der Waals surface area contributed by atoms with E-state index in [9.17, 15) is 57.1 Å². The molecule has 0 saturated carbocycles. The van der Waals surface area contributed by atoms with Gasteiger partial charge in [0.1, 0.15) is 0 Å². The lowest BCUT2D eigenvalue weighted by atomic mass is 9.93. The predicted octanol–water partition coefficient (Wildman–Crippen LogP) is 4.38. The van der Waals surface area contributed by atoms with Gasteiger partial charge in [0.2, 0.25) is 0 Å². The van der Waals surface area contributed by atoms with E-state index in [4.69, 9.17) is 0 Å². The van der Waals surface area contributed by atoms with Gasteiger partial charge in [0.25, 0.3) is 6.29 Å². The number of alkyl halides is 13. The molecule has 25 heavy (non-hydrogen) atoms. The Labute approximate surface area is 128 Å². The molecular formula is C9H5F13O3. The maximum atomic E-state index is 13.4. The SMILES string of the molecule is CC1OOC(C(F)(F)C(F)(F)C(F)(F)C(F)(F)C(F)(F)C(F)(F)F)O1. The smallest absolute Gasteiger partial charge is 0.312 e. The van der Waals surface area contributed by atoms with E-state index in [1.165, 1.54) is 0 Å². The van der Waals surface area contributed by atoms with Crippen LogP contribution >= 0.6 is 0 Å². The fourth-order valence-electron chi connectivity index (χ4n) is 1.42. The van der Waals surface area contributed by atoms with Crippen LogP contribution in [0.3, 0.4) is 0 Å². The summed E-state index contributed by atoms with van der Waals surface area (Å²) in [5.74, 6) is -37.6. The summed E-state index contributed by atoms with van der Waals surface area (Å²) in [6, 6.07) is 0. The fourth-order valence-corrected chi connectivity index (χ4v) is 1.42. The number of hydrogen-bond donors (Lipinski definition) is 0. The van der Waals surface area contributed by atoms with Crippen molar-refractivity contribution in [3.8, 4) is 0 Å². The van der Waals surface area contributed by atoms with E-state index >= 15 is 0 Å². The van der Waals surface area contributed by atoms with Crippen LogP contribution in [0.4, 0.5) is 57.1 Å². The van der Waals surface area contributed by atoms with Gasteiger partial charge in [-0.05, 0) is 6.92 Å². The zero-order valence-corrected chi connectivity index (χ0v) is 11.3. The minimum absolute atomic E-state index is 0.693. The molecule has 0 amide bonds. The summed E-state index contributed by atoms with van der Waals surface area (Å²) in [7, 11) is 0. The van der Waals surface area contributed by atoms with Crippen molar-refractivity contribution in [2.75, 3.05) is 0 Å². The first-order valence-electron chi connectivity index (χ1n) is 5.68. The third kappa shape index (κ3) is 2.90. The summed E-state index contributed by atoms with van der Waals surface area (Å²) in [6.07, 6.45) is -13.1. The molecule has 150 valence electrons. The monoisotopic (exact) mass is 408 g/mol. The van der Waals surface area contributed by atoms with Gasteiger partial charge in [0, 0.05) is 0 Å². The van der Waals surface area contributed by atoms with Crippen molar-refractivity contribution < 1.29 is 71.6 Å². The number of halogens is 13.